The fourth-order valence-electron chi connectivity index (χ4n) is 1.16. The standard InChI is InChI=1S/C10H7BrN2O/c11-9-3-8(4-12-6-9)7-1-2-10(14)13-5-7/h1-6H,(H,13,14). The molecule has 0 fully saturated rings. The molecular weight excluding hydrogens is 244 g/mol. The molecule has 4 heteroatoms. The fraction of sp³-hybridized carbons (Fsp3) is 0. The number of nitrogens with zero attached hydrogens (tertiary/aromatic N) is 1. The Morgan fingerprint density at radius 2 is 2.07 bits per heavy atom. The van der Waals surface area contributed by atoms with Crippen LogP contribution in [0.15, 0.2) is 46.1 Å². The lowest BCUT2D eigenvalue weighted by atomic mass is 10.1. The first-order chi connectivity index (χ1) is 6.75. The minimum Gasteiger partial charge on any atom is -0.328 e. The van der Waals surface area contributed by atoms with Gasteiger partial charge in [0.1, 0.15) is 0 Å². The number of aromatic amines is 1. The molecule has 0 aliphatic heterocycles. The maximum Gasteiger partial charge on any atom is 0.247 e. The Labute approximate surface area is 89.0 Å². The van der Waals surface area contributed by atoms with Gasteiger partial charge < -0.3 is 4.98 Å². The Balaban J connectivity index is 2.49. The molecule has 0 aromatic carbocycles. The van der Waals surface area contributed by atoms with Gasteiger partial charge in [0, 0.05) is 34.7 Å². The van der Waals surface area contributed by atoms with E-state index >= 15 is 0 Å². The van der Waals surface area contributed by atoms with Crippen LogP contribution in [0.25, 0.3) is 11.1 Å². The van der Waals surface area contributed by atoms with Crippen molar-refractivity contribution in [2.45, 2.75) is 0 Å². The first-order valence-electron chi connectivity index (χ1n) is 4.05. The van der Waals surface area contributed by atoms with Gasteiger partial charge in [0.05, 0.1) is 0 Å². The number of halogens is 1. The number of nitrogens with one attached hydrogen (secondary N) is 1. The largest absolute Gasteiger partial charge is 0.328 e. The van der Waals surface area contributed by atoms with Crippen LogP contribution in [-0.2, 0) is 0 Å². The van der Waals surface area contributed by atoms with Gasteiger partial charge in [-0.2, -0.15) is 0 Å². The number of pyridine rings is 2. The summed E-state index contributed by atoms with van der Waals surface area (Å²) < 4.78 is 0.918. The molecule has 0 saturated carbocycles. The summed E-state index contributed by atoms with van der Waals surface area (Å²) in [5.74, 6) is 0. The molecule has 0 spiro atoms. The monoisotopic (exact) mass is 250 g/mol. The van der Waals surface area contributed by atoms with Crippen molar-refractivity contribution >= 4 is 15.9 Å². The summed E-state index contributed by atoms with van der Waals surface area (Å²) in [6.07, 6.45) is 5.14. The van der Waals surface area contributed by atoms with Crippen molar-refractivity contribution in [3.05, 3.63) is 51.6 Å². The lowest BCUT2D eigenvalue weighted by molar-refractivity contribution is 1.23. The second-order valence-corrected chi connectivity index (χ2v) is 3.75. The molecule has 0 aliphatic carbocycles. The van der Waals surface area contributed by atoms with E-state index < -0.39 is 0 Å². The van der Waals surface area contributed by atoms with E-state index in [-0.39, 0.29) is 5.56 Å². The summed E-state index contributed by atoms with van der Waals surface area (Å²) in [5.41, 5.74) is 1.81. The normalized spacial score (nSPS) is 10.1. The predicted octanol–water partition coefficient (Wildman–Crippen LogP) is 2.20. The molecule has 0 aliphatic rings. The van der Waals surface area contributed by atoms with Crippen LogP contribution in [0.3, 0.4) is 0 Å². The summed E-state index contributed by atoms with van der Waals surface area (Å²) in [6, 6.07) is 5.21. The zero-order chi connectivity index (χ0) is 9.97. The highest BCUT2D eigenvalue weighted by atomic mass is 79.9. The molecule has 0 bridgehead atoms. The van der Waals surface area contributed by atoms with Crippen molar-refractivity contribution in [3.8, 4) is 11.1 Å². The molecule has 0 amide bonds. The number of rotatable bonds is 1. The summed E-state index contributed by atoms with van der Waals surface area (Å²) in [5, 5.41) is 0. The molecule has 3 nitrogen and oxygen atoms in total. The van der Waals surface area contributed by atoms with E-state index in [1.165, 1.54) is 6.07 Å². The van der Waals surface area contributed by atoms with Crippen LogP contribution in [0.1, 0.15) is 0 Å². The van der Waals surface area contributed by atoms with Crippen LogP contribution in [0, 0.1) is 0 Å². The third kappa shape index (κ3) is 1.90. The summed E-state index contributed by atoms with van der Waals surface area (Å²) >= 11 is 3.34. The van der Waals surface area contributed by atoms with Crippen LogP contribution in [0.5, 0.6) is 0 Å². The lowest BCUT2D eigenvalue weighted by Gasteiger charge is -1.99. The maximum absolute atomic E-state index is 10.8. The highest BCUT2D eigenvalue weighted by Crippen LogP contribution is 2.19. The van der Waals surface area contributed by atoms with E-state index in [0.29, 0.717) is 0 Å². The number of aromatic nitrogens is 2. The molecule has 0 saturated heterocycles. The number of hydrogen-bond acceptors (Lipinski definition) is 2. The van der Waals surface area contributed by atoms with E-state index in [1.54, 1.807) is 24.7 Å². The zero-order valence-corrected chi connectivity index (χ0v) is 8.78. The average Bonchev–Trinajstić information content (AvgIpc) is 2.19. The molecular formula is C10H7BrN2O. The molecule has 0 atom stereocenters. The number of H-pyrrole nitrogens is 1. The molecule has 0 radical (unpaired) electrons. The first kappa shape index (κ1) is 9.15. The summed E-state index contributed by atoms with van der Waals surface area (Å²) in [4.78, 5) is 17.5. The van der Waals surface area contributed by atoms with Crippen molar-refractivity contribution in [3.63, 3.8) is 0 Å². The van der Waals surface area contributed by atoms with Crippen molar-refractivity contribution in [1.29, 1.82) is 0 Å². The van der Waals surface area contributed by atoms with Gasteiger partial charge in [-0.15, -0.1) is 0 Å². The van der Waals surface area contributed by atoms with Gasteiger partial charge in [0.15, 0.2) is 0 Å². The SMILES string of the molecule is O=c1ccc(-c2cncc(Br)c2)c[nH]1. The minimum atomic E-state index is -0.100. The van der Waals surface area contributed by atoms with E-state index in [4.69, 9.17) is 0 Å². The smallest absolute Gasteiger partial charge is 0.247 e. The Hall–Kier alpha value is -1.42. The predicted molar refractivity (Wildman–Crippen MR) is 58.0 cm³/mol. The Bertz CT molecular complexity index is 487. The third-order valence-electron chi connectivity index (χ3n) is 1.82. The first-order valence-corrected chi connectivity index (χ1v) is 4.85. The highest BCUT2D eigenvalue weighted by Gasteiger charge is 1.98. The van der Waals surface area contributed by atoms with Gasteiger partial charge >= 0.3 is 0 Å². The van der Waals surface area contributed by atoms with Crippen LogP contribution in [-0.4, -0.2) is 9.97 Å². The van der Waals surface area contributed by atoms with Crippen molar-refractivity contribution < 1.29 is 0 Å². The molecule has 2 aromatic heterocycles. The highest BCUT2D eigenvalue weighted by molar-refractivity contribution is 9.10. The molecule has 14 heavy (non-hydrogen) atoms. The second-order valence-electron chi connectivity index (χ2n) is 2.83. The molecule has 2 heterocycles. The molecule has 0 unspecified atom stereocenters. The minimum absolute atomic E-state index is 0.100. The molecule has 1 N–H and O–H groups in total. The van der Waals surface area contributed by atoms with Gasteiger partial charge in [-0.1, -0.05) is 0 Å². The summed E-state index contributed by atoms with van der Waals surface area (Å²) in [7, 11) is 0. The van der Waals surface area contributed by atoms with Crippen LogP contribution in [0.4, 0.5) is 0 Å². The Kier molecular flexibility index (Phi) is 2.45. The fourth-order valence-corrected chi connectivity index (χ4v) is 1.52. The van der Waals surface area contributed by atoms with Gasteiger partial charge in [0.2, 0.25) is 5.56 Å². The molecule has 70 valence electrons. The lowest BCUT2D eigenvalue weighted by Crippen LogP contribution is -2.01. The van der Waals surface area contributed by atoms with Gasteiger partial charge in [0.25, 0.3) is 0 Å². The molecule has 2 rings (SSSR count). The van der Waals surface area contributed by atoms with Gasteiger partial charge in [-0.05, 0) is 33.6 Å². The molecule has 2 aromatic rings. The van der Waals surface area contributed by atoms with E-state index in [0.717, 1.165) is 15.6 Å². The van der Waals surface area contributed by atoms with Gasteiger partial charge in [-0.3, -0.25) is 9.78 Å². The third-order valence-corrected chi connectivity index (χ3v) is 2.26. The van der Waals surface area contributed by atoms with Crippen molar-refractivity contribution in [2.24, 2.45) is 0 Å². The van der Waals surface area contributed by atoms with E-state index in [2.05, 4.69) is 25.9 Å². The Morgan fingerprint density at radius 1 is 1.21 bits per heavy atom. The number of hydrogen-bond donors (Lipinski definition) is 1. The van der Waals surface area contributed by atoms with Crippen LogP contribution in [0.2, 0.25) is 0 Å². The maximum atomic E-state index is 10.8. The van der Waals surface area contributed by atoms with Crippen LogP contribution < -0.4 is 5.56 Å². The Morgan fingerprint density at radius 3 is 2.71 bits per heavy atom. The van der Waals surface area contributed by atoms with Crippen LogP contribution >= 0.6 is 15.9 Å². The van der Waals surface area contributed by atoms with Gasteiger partial charge in [-0.25, -0.2) is 0 Å². The van der Waals surface area contributed by atoms with Crippen molar-refractivity contribution in [2.75, 3.05) is 0 Å². The zero-order valence-electron chi connectivity index (χ0n) is 7.20. The van der Waals surface area contributed by atoms with Crippen molar-refractivity contribution in [1.82, 2.24) is 9.97 Å². The average molecular weight is 251 g/mol. The van der Waals surface area contributed by atoms with E-state index in [9.17, 15) is 4.79 Å². The second kappa shape index (κ2) is 3.75. The quantitative estimate of drug-likeness (QED) is 0.844. The summed E-state index contributed by atoms with van der Waals surface area (Å²) in [6.45, 7) is 0. The topological polar surface area (TPSA) is 45.8 Å². The van der Waals surface area contributed by atoms with E-state index in [1.807, 2.05) is 6.07 Å².